The topological polar surface area (TPSA) is 101 Å². The number of nitrogens with zero attached hydrogens (tertiary/aromatic N) is 3. The van der Waals surface area contributed by atoms with Crippen LogP contribution in [0.25, 0.3) is 5.65 Å². The highest BCUT2D eigenvalue weighted by molar-refractivity contribution is 5.94. The lowest BCUT2D eigenvalue weighted by atomic mass is 10.4. The molecule has 2 aromatic heterocycles. The minimum absolute atomic E-state index is 0.00866. The van der Waals surface area contributed by atoms with Gasteiger partial charge in [-0.3, -0.25) is 9.20 Å². The Morgan fingerprint density at radius 2 is 2.22 bits per heavy atom. The molecule has 0 aliphatic carbocycles. The van der Waals surface area contributed by atoms with E-state index in [4.69, 9.17) is 5.73 Å². The van der Waals surface area contributed by atoms with Crippen LogP contribution >= 0.6 is 0 Å². The summed E-state index contributed by atoms with van der Waals surface area (Å²) in [6, 6.07) is 5.15. The van der Waals surface area contributed by atoms with Crippen LogP contribution in [-0.4, -0.2) is 40.0 Å². The molecule has 94 valence electrons. The van der Waals surface area contributed by atoms with Crippen molar-refractivity contribution < 1.29 is 14.7 Å². The standard InChI is InChI=1S/C11H12N4O3/c1-14(6-7(12)16)10-9(11(17)18)15-5-3-2-4-8(15)13-10/h2-5H,6H2,1H3,(H2,12,16)(H,17,18). The van der Waals surface area contributed by atoms with Gasteiger partial charge < -0.3 is 15.7 Å². The van der Waals surface area contributed by atoms with Gasteiger partial charge in [0.15, 0.2) is 11.5 Å². The Hall–Kier alpha value is -2.57. The van der Waals surface area contributed by atoms with Crippen molar-refractivity contribution >= 4 is 23.3 Å². The lowest BCUT2D eigenvalue weighted by Gasteiger charge is -2.14. The molecule has 0 saturated carbocycles. The molecule has 2 aromatic rings. The summed E-state index contributed by atoms with van der Waals surface area (Å²) in [6.45, 7) is -0.0931. The molecule has 0 aliphatic heterocycles. The molecule has 3 N–H and O–H groups in total. The van der Waals surface area contributed by atoms with E-state index in [0.717, 1.165) is 0 Å². The van der Waals surface area contributed by atoms with E-state index in [0.29, 0.717) is 5.65 Å². The van der Waals surface area contributed by atoms with E-state index in [2.05, 4.69) is 4.98 Å². The maximum Gasteiger partial charge on any atom is 0.356 e. The van der Waals surface area contributed by atoms with Gasteiger partial charge >= 0.3 is 5.97 Å². The normalized spacial score (nSPS) is 10.5. The molecule has 0 fully saturated rings. The fraction of sp³-hybridized carbons (Fsp3) is 0.182. The van der Waals surface area contributed by atoms with E-state index in [1.807, 2.05) is 0 Å². The van der Waals surface area contributed by atoms with Crippen molar-refractivity contribution in [2.75, 3.05) is 18.5 Å². The van der Waals surface area contributed by atoms with Crippen LogP contribution in [0.5, 0.6) is 0 Å². The highest BCUT2D eigenvalue weighted by Gasteiger charge is 2.21. The molecule has 7 nitrogen and oxygen atoms in total. The number of fused-ring (bicyclic) bond motifs is 1. The second-order valence-corrected chi connectivity index (χ2v) is 3.84. The number of imidazole rings is 1. The number of amides is 1. The van der Waals surface area contributed by atoms with Crippen LogP contribution in [0.4, 0.5) is 5.82 Å². The predicted molar refractivity (Wildman–Crippen MR) is 64.6 cm³/mol. The van der Waals surface area contributed by atoms with E-state index >= 15 is 0 Å². The number of nitrogens with two attached hydrogens (primary N) is 1. The largest absolute Gasteiger partial charge is 0.476 e. The van der Waals surface area contributed by atoms with E-state index in [1.165, 1.54) is 9.30 Å². The summed E-state index contributed by atoms with van der Waals surface area (Å²) in [5.74, 6) is -1.45. The Morgan fingerprint density at radius 3 is 2.83 bits per heavy atom. The first kappa shape index (κ1) is 11.9. The number of aromatic carboxylic acids is 1. The number of likely N-dealkylation sites (N-methyl/N-ethyl adjacent to an activating group) is 1. The van der Waals surface area contributed by atoms with Crippen molar-refractivity contribution in [3.8, 4) is 0 Å². The smallest absolute Gasteiger partial charge is 0.356 e. The summed E-state index contributed by atoms with van der Waals surface area (Å²) in [7, 11) is 1.57. The minimum Gasteiger partial charge on any atom is -0.476 e. The van der Waals surface area contributed by atoms with Gasteiger partial charge in [-0.05, 0) is 12.1 Å². The number of pyridine rings is 1. The zero-order chi connectivity index (χ0) is 13.3. The quantitative estimate of drug-likeness (QED) is 0.790. The molecule has 18 heavy (non-hydrogen) atoms. The number of carbonyl (C=O) groups is 2. The third kappa shape index (κ3) is 1.97. The molecule has 7 heteroatoms. The zero-order valence-corrected chi connectivity index (χ0v) is 9.70. The average molecular weight is 248 g/mol. The van der Waals surface area contributed by atoms with Gasteiger partial charge in [0, 0.05) is 13.2 Å². The van der Waals surface area contributed by atoms with E-state index in [9.17, 15) is 14.7 Å². The van der Waals surface area contributed by atoms with Gasteiger partial charge in [-0.2, -0.15) is 0 Å². The summed E-state index contributed by atoms with van der Waals surface area (Å²) >= 11 is 0. The third-order valence-corrected chi connectivity index (χ3v) is 2.47. The van der Waals surface area contributed by atoms with Gasteiger partial charge in [-0.1, -0.05) is 6.07 Å². The number of primary amides is 1. The first-order valence-electron chi connectivity index (χ1n) is 5.20. The second-order valence-electron chi connectivity index (χ2n) is 3.84. The Kier molecular flexibility index (Phi) is 2.88. The number of hydrogen-bond donors (Lipinski definition) is 2. The fourth-order valence-corrected chi connectivity index (χ4v) is 1.76. The summed E-state index contributed by atoms with van der Waals surface area (Å²) in [5, 5.41) is 9.23. The lowest BCUT2D eigenvalue weighted by molar-refractivity contribution is -0.116. The van der Waals surface area contributed by atoms with Gasteiger partial charge in [-0.15, -0.1) is 0 Å². The minimum atomic E-state index is -1.11. The molecule has 2 heterocycles. The van der Waals surface area contributed by atoms with Crippen LogP contribution in [0.1, 0.15) is 10.5 Å². The molecule has 0 aromatic carbocycles. The molecule has 0 spiro atoms. The highest BCUT2D eigenvalue weighted by Crippen LogP contribution is 2.20. The van der Waals surface area contributed by atoms with Crippen LogP contribution in [0, 0.1) is 0 Å². The van der Waals surface area contributed by atoms with Crippen molar-refractivity contribution in [2.45, 2.75) is 0 Å². The van der Waals surface area contributed by atoms with E-state index < -0.39 is 11.9 Å². The second kappa shape index (κ2) is 4.36. The number of aromatic nitrogens is 2. The maximum atomic E-state index is 11.3. The molecule has 0 bridgehead atoms. The highest BCUT2D eigenvalue weighted by atomic mass is 16.4. The van der Waals surface area contributed by atoms with Gasteiger partial charge in [0.05, 0.1) is 6.54 Å². The third-order valence-electron chi connectivity index (χ3n) is 2.47. The van der Waals surface area contributed by atoms with Crippen molar-refractivity contribution in [2.24, 2.45) is 5.73 Å². The molecule has 0 radical (unpaired) electrons. The monoisotopic (exact) mass is 248 g/mol. The number of rotatable bonds is 4. The summed E-state index contributed by atoms with van der Waals surface area (Å²) < 4.78 is 1.45. The van der Waals surface area contributed by atoms with Gasteiger partial charge in [-0.25, -0.2) is 9.78 Å². The molecule has 0 saturated heterocycles. The van der Waals surface area contributed by atoms with Crippen molar-refractivity contribution in [3.05, 3.63) is 30.1 Å². The number of anilines is 1. The molecule has 0 unspecified atom stereocenters. The predicted octanol–water partition coefficient (Wildman–Crippen LogP) is -0.0460. The summed E-state index contributed by atoms with van der Waals surface area (Å²) in [6.07, 6.45) is 1.60. The molecular formula is C11H12N4O3. The van der Waals surface area contributed by atoms with Crippen molar-refractivity contribution in [3.63, 3.8) is 0 Å². The number of carbonyl (C=O) groups excluding carboxylic acids is 1. The number of carboxylic acids is 1. The number of hydrogen-bond acceptors (Lipinski definition) is 4. The van der Waals surface area contributed by atoms with E-state index in [-0.39, 0.29) is 18.1 Å². The van der Waals surface area contributed by atoms with Gasteiger partial charge in [0.1, 0.15) is 5.65 Å². The molecular weight excluding hydrogens is 236 g/mol. The van der Waals surface area contributed by atoms with Gasteiger partial charge in [0.25, 0.3) is 0 Å². The Balaban J connectivity index is 2.59. The summed E-state index contributed by atoms with van der Waals surface area (Å²) in [5.41, 5.74) is 5.60. The molecule has 1 amide bonds. The van der Waals surface area contributed by atoms with Crippen molar-refractivity contribution in [1.29, 1.82) is 0 Å². The Labute approximate surface area is 102 Å². The van der Waals surface area contributed by atoms with Crippen molar-refractivity contribution in [1.82, 2.24) is 9.38 Å². The number of carboxylic acid groups (broad SMARTS) is 1. The van der Waals surface area contributed by atoms with Crippen LogP contribution < -0.4 is 10.6 Å². The van der Waals surface area contributed by atoms with Crippen LogP contribution in [-0.2, 0) is 4.79 Å². The fourth-order valence-electron chi connectivity index (χ4n) is 1.76. The Bertz CT molecular complexity index is 620. The van der Waals surface area contributed by atoms with Crippen LogP contribution in [0.2, 0.25) is 0 Å². The zero-order valence-electron chi connectivity index (χ0n) is 9.70. The SMILES string of the molecule is CN(CC(N)=O)c1nc2ccccn2c1C(=O)O. The van der Waals surface area contributed by atoms with E-state index in [1.54, 1.807) is 31.4 Å². The van der Waals surface area contributed by atoms with Crippen LogP contribution in [0.3, 0.4) is 0 Å². The van der Waals surface area contributed by atoms with Gasteiger partial charge in [0.2, 0.25) is 5.91 Å². The maximum absolute atomic E-state index is 11.3. The summed E-state index contributed by atoms with van der Waals surface area (Å²) in [4.78, 5) is 27.8. The molecule has 2 rings (SSSR count). The van der Waals surface area contributed by atoms with Crippen LogP contribution in [0.15, 0.2) is 24.4 Å². The average Bonchev–Trinajstić information content (AvgIpc) is 2.67. The lowest BCUT2D eigenvalue weighted by Crippen LogP contribution is -2.31. The Morgan fingerprint density at radius 1 is 1.50 bits per heavy atom. The molecule has 0 aliphatic rings. The first-order valence-corrected chi connectivity index (χ1v) is 5.20. The first-order chi connectivity index (χ1) is 8.50. The molecule has 0 atom stereocenters.